The van der Waals surface area contributed by atoms with Crippen LogP contribution in [0, 0.1) is 0 Å². The summed E-state index contributed by atoms with van der Waals surface area (Å²) in [5.74, 6) is 0. The summed E-state index contributed by atoms with van der Waals surface area (Å²) in [5.41, 5.74) is 0. The molecule has 5 nitrogen and oxygen atoms in total. The molecule has 13 heavy (non-hydrogen) atoms. The van der Waals surface area contributed by atoms with E-state index < -0.39 is 0 Å². The standard InChI is InChI=1S/C7H15NO4S/c1-5-3-6(9)7(11-5)4-8-13-12-10-2/h5-9H,3-4H2,1-2H3/t5-,6+,7+/m0/s1. The van der Waals surface area contributed by atoms with Crippen LogP contribution in [0.1, 0.15) is 13.3 Å². The highest BCUT2D eigenvalue weighted by molar-refractivity contribution is 7.92. The van der Waals surface area contributed by atoms with Crippen molar-refractivity contribution in [3.05, 3.63) is 0 Å². The van der Waals surface area contributed by atoms with E-state index >= 15 is 0 Å². The highest BCUT2D eigenvalue weighted by atomic mass is 32.2. The van der Waals surface area contributed by atoms with Gasteiger partial charge < -0.3 is 9.84 Å². The first-order chi connectivity index (χ1) is 6.24. The Bertz CT molecular complexity index is 148. The van der Waals surface area contributed by atoms with Crippen LogP contribution < -0.4 is 4.72 Å². The molecule has 0 unspecified atom stereocenters. The largest absolute Gasteiger partial charge is 0.390 e. The molecule has 6 heteroatoms. The zero-order valence-electron chi connectivity index (χ0n) is 7.73. The SMILES string of the molecule is COOSNC[C@H]1O[C@@H](C)C[C@H]1O. The Kier molecular flexibility index (Phi) is 5.00. The van der Waals surface area contributed by atoms with Crippen molar-refractivity contribution in [3.8, 4) is 0 Å². The number of aliphatic hydroxyl groups is 1. The van der Waals surface area contributed by atoms with Crippen LogP contribution in [-0.2, 0) is 14.0 Å². The van der Waals surface area contributed by atoms with Gasteiger partial charge in [0.05, 0.1) is 25.4 Å². The van der Waals surface area contributed by atoms with Gasteiger partial charge in [-0.05, 0) is 6.92 Å². The van der Waals surface area contributed by atoms with Gasteiger partial charge in [0.1, 0.15) is 12.2 Å². The number of aliphatic hydroxyl groups excluding tert-OH is 1. The molecule has 0 aromatic rings. The van der Waals surface area contributed by atoms with Gasteiger partial charge in [0.15, 0.2) is 0 Å². The van der Waals surface area contributed by atoms with Gasteiger partial charge in [-0.1, -0.05) is 0 Å². The van der Waals surface area contributed by atoms with Crippen LogP contribution in [0.3, 0.4) is 0 Å². The molecule has 1 aliphatic heterocycles. The second kappa shape index (κ2) is 5.79. The van der Waals surface area contributed by atoms with Gasteiger partial charge in [-0.2, -0.15) is 0 Å². The van der Waals surface area contributed by atoms with Crippen molar-refractivity contribution in [2.75, 3.05) is 13.7 Å². The van der Waals surface area contributed by atoms with Crippen molar-refractivity contribution in [2.45, 2.75) is 31.7 Å². The molecule has 1 fully saturated rings. The minimum absolute atomic E-state index is 0.134. The maximum atomic E-state index is 9.47. The summed E-state index contributed by atoms with van der Waals surface area (Å²) >= 11 is 0.980. The number of rotatable bonds is 5. The molecule has 1 aliphatic rings. The smallest absolute Gasteiger partial charge is 0.118 e. The zero-order valence-corrected chi connectivity index (χ0v) is 8.54. The monoisotopic (exact) mass is 209 g/mol. The summed E-state index contributed by atoms with van der Waals surface area (Å²) in [4.78, 5) is 4.35. The fraction of sp³-hybridized carbons (Fsp3) is 1.00. The van der Waals surface area contributed by atoms with E-state index in [2.05, 4.69) is 13.9 Å². The first-order valence-corrected chi connectivity index (χ1v) is 4.91. The van der Waals surface area contributed by atoms with E-state index in [4.69, 9.17) is 4.74 Å². The molecule has 1 saturated heterocycles. The normalized spacial score (nSPS) is 33.9. The van der Waals surface area contributed by atoms with E-state index in [1.54, 1.807) is 0 Å². The van der Waals surface area contributed by atoms with Gasteiger partial charge >= 0.3 is 0 Å². The molecule has 2 N–H and O–H groups in total. The van der Waals surface area contributed by atoms with Gasteiger partial charge in [0.2, 0.25) is 0 Å². The summed E-state index contributed by atoms with van der Waals surface area (Å²) < 4.78 is 12.8. The molecule has 1 rings (SSSR count). The van der Waals surface area contributed by atoms with Gasteiger partial charge in [0.25, 0.3) is 0 Å². The Morgan fingerprint density at radius 2 is 2.46 bits per heavy atom. The Balaban J connectivity index is 2.07. The Labute approximate surface area is 82.0 Å². The highest BCUT2D eigenvalue weighted by Gasteiger charge is 2.30. The lowest BCUT2D eigenvalue weighted by molar-refractivity contribution is -0.161. The molecule has 0 aliphatic carbocycles. The van der Waals surface area contributed by atoms with Crippen LogP contribution in [0.15, 0.2) is 0 Å². The first-order valence-electron chi connectivity index (χ1n) is 4.16. The summed E-state index contributed by atoms with van der Waals surface area (Å²) in [5, 5.41) is 9.47. The van der Waals surface area contributed by atoms with E-state index in [-0.39, 0.29) is 18.3 Å². The lowest BCUT2D eigenvalue weighted by atomic mass is 10.1. The third kappa shape index (κ3) is 3.80. The van der Waals surface area contributed by atoms with Crippen molar-refractivity contribution < 1.29 is 19.1 Å². The third-order valence-electron chi connectivity index (χ3n) is 1.86. The second-order valence-corrected chi connectivity index (χ2v) is 3.55. The van der Waals surface area contributed by atoms with Crippen LogP contribution >= 0.6 is 12.2 Å². The predicted molar refractivity (Wildman–Crippen MR) is 48.6 cm³/mol. The minimum atomic E-state index is -0.384. The molecule has 3 atom stereocenters. The number of hydrogen-bond acceptors (Lipinski definition) is 6. The van der Waals surface area contributed by atoms with Gasteiger partial charge in [0, 0.05) is 13.0 Å². The van der Waals surface area contributed by atoms with E-state index in [1.807, 2.05) is 6.92 Å². The van der Waals surface area contributed by atoms with Crippen LogP contribution in [0.4, 0.5) is 0 Å². The summed E-state index contributed by atoms with van der Waals surface area (Å²) in [7, 11) is 1.43. The molecule has 0 radical (unpaired) electrons. The fourth-order valence-corrected chi connectivity index (χ4v) is 1.64. The molecule has 78 valence electrons. The summed E-state index contributed by atoms with van der Waals surface area (Å²) in [6.07, 6.45) is 0.297. The fourth-order valence-electron chi connectivity index (χ4n) is 1.29. The molecule has 0 bridgehead atoms. The predicted octanol–water partition coefficient (Wildman–Crippen LogP) is 0.255. The van der Waals surface area contributed by atoms with Crippen LogP contribution in [0.25, 0.3) is 0 Å². The first kappa shape index (κ1) is 11.2. The van der Waals surface area contributed by atoms with Gasteiger partial charge in [-0.15, -0.1) is 4.33 Å². The molecular weight excluding hydrogens is 194 g/mol. The Morgan fingerprint density at radius 1 is 1.69 bits per heavy atom. The van der Waals surface area contributed by atoms with Crippen molar-refractivity contribution >= 4 is 12.2 Å². The number of ether oxygens (including phenoxy) is 1. The average molecular weight is 209 g/mol. The van der Waals surface area contributed by atoms with E-state index in [1.165, 1.54) is 7.11 Å². The number of nitrogens with one attached hydrogen (secondary N) is 1. The maximum absolute atomic E-state index is 9.47. The van der Waals surface area contributed by atoms with Crippen LogP contribution in [0.2, 0.25) is 0 Å². The molecular formula is C7H15NO4S. The summed E-state index contributed by atoms with van der Waals surface area (Å²) in [6, 6.07) is 0. The van der Waals surface area contributed by atoms with Crippen molar-refractivity contribution in [1.82, 2.24) is 4.72 Å². The molecule has 0 aromatic carbocycles. The van der Waals surface area contributed by atoms with E-state index in [9.17, 15) is 5.11 Å². The quantitative estimate of drug-likeness (QED) is 0.223. The van der Waals surface area contributed by atoms with E-state index in [0.717, 1.165) is 12.2 Å². The summed E-state index contributed by atoms with van der Waals surface area (Å²) in [6.45, 7) is 2.49. The Hall–Kier alpha value is 0.150. The molecule has 0 spiro atoms. The molecule has 0 aromatic heterocycles. The van der Waals surface area contributed by atoms with Crippen LogP contribution in [0.5, 0.6) is 0 Å². The topological polar surface area (TPSA) is 60.0 Å². The second-order valence-electron chi connectivity index (χ2n) is 2.95. The molecule has 1 heterocycles. The van der Waals surface area contributed by atoms with Crippen molar-refractivity contribution in [2.24, 2.45) is 0 Å². The van der Waals surface area contributed by atoms with Gasteiger partial charge in [-0.25, -0.2) is 9.61 Å². The van der Waals surface area contributed by atoms with Gasteiger partial charge in [-0.3, -0.25) is 0 Å². The highest BCUT2D eigenvalue weighted by Crippen LogP contribution is 2.19. The maximum Gasteiger partial charge on any atom is 0.118 e. The van der Waals surface area contributed by atoms with Crippen molar-refractivity contribution in [3.63, 3.8) is 0 Å². The minimum Gasteiger partial charge on any atom is -0.390 e. The lowest BCUT2D eigenvalue weighted by Crippen LogP contribution is -2.30. The molecule has 0 amide bonds. The number of hydrogen-bond donors (Lipinski definition) is 2. The molecule has 0 saturated carbocycles. The zero-order chi connectivity index (χ0) is 9.68. The average Bonchev–Trinajstić information content (AvgIpc) is 2.39. The van der Waals surface area contributed by atoms with Crippen molar-refractivity contribution in [1.29, 1.82) is 0 Å². The van der Waals surface area contributed by atoms with E-state index in [0.29, 0.717) is 13.0 Å². The third-order valence-corrected chi connectivity index (χ3v) is 2.34. The lowest BCUT2D eigenvalue weighted by Gasteiger charge is -2.13. The Morgan fingerprint density at radius 3 is 3.00 bits per heavy atom. The van der Waals surface area contributed by atoms with Crippen LogP contribution in [-0.4, -0.2) is 37.1 Å².